The van der Waals surface area contributed by atoms with Gasteiger partial charge in [-0.3, -0.25) is 9.67 Å². The monoisotopic (exact) mass is 542 g/mol. The van der Waals surface area contributed by atoms with Gasteiger partial charge in [-0.2, -0.15) is 32.1 Å². The highest BCUT2D eigenvalue weighted by molar-refractivity contribution is 7.15. The normalized spacial score (nSPS) is 11.1. The fraction of sp³-hybridized carbons (Fsp3) is 0.182. The van der Waals surface area contributed by atoms with Crippen LogP contribution in [0.15, 0.2) is 71.4 Å². The second-order valence-electron chi connectivity index (χ2n) is 7.39. The molecule has 0 unspecified atom stereocenters. The van der Waals surface area contributed by atoms with Crippen LogP contribution in [-0.4, -0.2) is 48.3 Å². The van der Waals surface area contributed by atoms with Gasteiger partial charge in [0.05, 0.1) is 18.8 Å². The number of hydrogen-bond acceptors (Lipinski definition) is 6. The van der Waals surface area contributed by atoms with E-state index in [4.69, 9.17) is 15.6 Å². The van der Waals surface area contributed by atoms with Crippen LogP contribution in [0.4, 0.5) is 22.0 Å². The van der Waals surface area contributed by atoms with Crippen LogP contribution in [0.25, 0.3) is 21.7 Å². The van der Waals surface area contributed by atoms with E-state index in [-0.39, 0.29) is 18.7 Å². The van der Waals surface area contributed by atoms with Crippen molar-refractivity contribution < 1.29 is 31.9 Å². The first-order valence-electron chi connectivity index (χ1n) is 10.3. The molecule has 0 radical (unpaired) electrons. The summed E-state index contributed by atoms with van der Waals surface area (Å²) in [6, 6.07) is 13.9. The summed E-state index contributed by atoms with van der Waals surface area (Å²) < 4.78 is 59.7. The smallest absolute Gasteiger partial charge is 0.475 e. The van der Waals surface area contributed by atoms with Gasteiger partial charge in [0, 0.05) is 33.6 Å². The zero-order valence-corrected chi connectivity index (χ0v) is 19.6. The molecular formula is C22H19F5N6O3S. The fourth-order valence-electron chi connectivity index (χ4n) is 3.01. The highest BCUT2D eigenvalue weighted by Crippen LogP contribution is 2.31. The van der Waals surface area contributed by atoms with Gasteiger partial charge in [-0.15, -0.1) is 11.3 Å². The molecule has 0 aliphatic rings. The van der Waals surface area contributed by atoms with E-state index in [9.17, 15) is 26.7 Å². The Labute approximate surface area is 209 Å². The van der Waals surface area contributed by atoms with Gasteiger partial charge in [-0.05, 0) is 29.8 Å². The highest BCUT2D eigenvalue weighted by atomic mass is 32.1. The van der Waals surface area contributed by atoms with Crippen molar-refractivity contribution in [3.05, 3.63) is 82.0 Å². The summed E-state index contributed by atoms with van der Waals surface area (Å²) in [6.45, 7) is -0.336. The second kappa shape index (κ2) is 11.7. The minimum atomic E-state index is -5.08. The number of nitrogens with zero attached hydrogens (tertiary/aromatic N) is 4. The molecular weight excluding hydrogens is 523 g/mol. The van der Waals surface area contributed by atoms with Crippen molar-refractivity contribution in [1.82, 2.24) is 24.5 Å². The van der Waals surface area contributed by atoms with Crippen molar-refractivity contribution in [3.63, 3.8) is 0 Å². The highest BCUT2D eigenvalue weighted by Gasteiger charge is 2.38. The summed E-state index contributed by atoms with van der Waals surface area (Å²) in [7, 11) is 0. The van der Waals surface area contributed by atoms with Crippen LogP contribution in [0.3, 0.4) is 0 Å². The molecule has 196 valence electrons. The Bertz CT molecular complexity index is 1440. The molecule has 0 atom stereocenters. The van der Waals surface area contributed by atoms with Crippen LogP contribution < -0.4 is 11.4 Å². The van der Waals surface area contributed by atoms with Gasteiger partial charge in [0.15, 0.2) is 0 Å². The Morgan fingerprint density at radius 1 is 1.14 bits per heavy atom. The first kappa shape index (κ1) is 27.5. The third-order valence-corrected chi connectivity index (χ3v) is 5.96. The third-order valence-electron chi connectivity index (χ3n) is 4.84. The van der Waals surface area contributed by atoms with Crippen LogP contribution in [0.1, 0.15) is 4.88 Å². The number of H-pyrrole nitrogens is 1. The van der Waals surface area contributed by atoms with Crippen molar-refractivity contribution in [3.8, 4) is 21.7 Å². The number of carbonyl (C=O) groups is 1. The van der Waals surface area contributed by atoms with E-state index in [1.54, 1.807) is 17.5 Å². The lowest BCUT2D eigenvalue weighted by Crippen LogP contribution is -2.27. The number of alkyl halides is 3. The largest absolute Gasteiger partial charge is 0.490 e. The van der Waals surface area contributed by atoms with Crippen molar-refractivity contribution >= 4 is 17.3 Å². The Hall–Kier alpha value is -4.11. The SMILES string of the molecule is NCC(Cn1ncn(Cc2ccc(-c3cccc(-c4ccn[nH]4)c3)s2)c1=O)=C(F)F.O=C(O)C(F)(F)F. The van der Waals surface area contributed by atoms with Gasteiger partial charge >= 0.3 is 17.8 Å². The fourth-order valence-corrected chi connectivity index (χ4v) is 4.02. The summed E-state index contributed by atoms with van der Waals surface area (Å²) >= 11 is 1.56. The second-order valence-corrected chi connectivity index (χ2v) is 8.56. The zero-order chi connectivity index (χ0) is 27.2. The average molecular weight is 542 g/mol. The minimum absolute atomic E-state index is 0.307. The molecule has 0 amide bonds. The van der Waals surface area contributed by atoms with Gasteiger partial charge in [0.1, 0.15) is 6.33 Å². The molecule has 3 aromatic heterocycles. The molecule has 9 nitrogen and oxygen atoms in total. The number of hydrogen-bond donors (Lipinski definition) is 3. The van der Waals surface area contributed by atoms with E-state index in [0.29, 0.717) is 6.54 Å². The van der Waals surface area contributed by atoms with Gasteiger partial charge in [0.25, 0.3) is 6.08 Å². The molecule has 0 saturated heterocycles. The summed E-state index contributed by atoms with van der Waals surface area (Å²) in [5.41, 5.74) is 7.56. The van der Waals surface area contributed by atoms with Gasteiger partial charge in [-0.1, -0.05) is 18.2 Å². The topological polar surface area (TPSA) is 132 Å². The molecule has 4 aromatic rings. The summed E-state index contributed by atoms with van der Waals surface area (Å²) in [4.78, 5) is 23.4. The average Bonchev–Trinajstić information content (AvgIpc) is 3.61. The number of aromatic amines is 1. The van der Waals surface area contributed by atoms with E-state index >= 15 is 0 Å². The van der Waals surface area contributed by atoms with Gasteiger partial charge < -0.3 is 10.8 Å². The standard InChI is InChI=1S/C20H18F2N6OS.C2HF3O2/c21-19(22)15(9-23)10-28-20(29)27(12-25-28)11-16-4-5-18(30-16)14-3-1-2-13(8-14)17-6-7-24-26-17;3-2(4,5)1(6)7/h1-8,12H,9-11,23H2,(H,24,26);(H,6,7). The van der Waals surface area contributed by atoms with Crippen molar-refractivity contribution in [1.29, 1.82) is 0 Å². The maximum absolute atomic E-state index is 12.8. The number of halogens is 5. The number of aromatic nitrogens is 5. The quantitative estimate of drug-likeness (QED) is 0.303. The Morgan fingerprint density at radius 2 is 1.84 bits per heavy atom. The van der Waals surface area contributed by atoms with Crippen LogP contribution >= 0.6 is 11.3 Å². The van der Waals surface area contributed by atoms with Crippen molar-refractivity contribution in [2.24, 2.45) is 5.73 Å². The van der Waals surface area contributed by atoms with Gasteiger partial charge in [0.2, 0.25) is 0 Å². The van der Waals surface area contributed by atoms with E-state index in [2.05, 4.69) is 21.4 Å². The number of benzene rings is 1. The molecule has 0 spiro atoms. The molecule has 0 fully saturated rings. The van der Waals surface area contributed by atoms with Crippen LogP contribution in [0, 0.1) is 0 Å². The van der Waals surface area contributed by atoms with Crippen LogP contribution in [0.2, 0.25) is 0 Å². The molecule has 1 aromatic carbocycles. The van der Waals surface area contributed by atoms with E-state index in [1.165, 1.54) is 10.9 Å². The molecule has 37 heavy (non-hydrogen) atoms. The third kappa shape index (κ3) is 7.20. The lowest BCUT2D eigenvalue weighted by molar-refractivity contribution is -0.192. The predicted molar refractivity (Wildman–Crippen MR) is 125 cm³/mol. The van der Waals surface area contributed by atoms with E-state index < -0.39 is 23.9 Å². The summed E-state index contributed by atoms with van der Waals surface area (Å²) in [5, 5.41) is 18.0. The van der Waals surface area contributed by atoms with Crippen LogP contribution in [-0.2, 0) is 17.9 Å². The number of nitrogens with one attached hydrogen (secondary N) is 1. The maximum atomic E-state index is 12.8. The maximum Gasteiger partial charge on any atom is 0.490 e. The van der Waals surface area contributed by atoms with Crippen LogP contribution in [0.5, 0.6) is 0 Å². The number of thiophene rings is 1. The number of nitrogens with two attached hydrogens (primary N) is 1. The number of carboxylic acid groups (broad SMARTS) is 1. The lowest BCUT2D eigenvalue weighted by atomic mass is 10.1. The van der Waals surface area contributed by atoms with E-state index in [0.717, 1.165) is 31.3 Å². The lowest BCUT2D eigenvalue weighted by Gasteiger charge is -2.02. The Kier molecular flexibility index (Phi) is 8.73. The molecule has 0 saturated carbocycles. The minimum Gasteiger partial charge on any atom is -0.475 e. The molecule has 4 N–H and O–H groups in total. The molecule has 3 heterocycles. The molecule has 15 heteroatoms. The molecule has 0 aliphatic carbocycles. The number of aliphatic carboxylic acids is 1. The molecule has 0 bridgehead atoms. The summed E-state index contributed by atoms with van der Waals surface area (Å²) in [6.07, 6.45) is -3.90. The molecule has 0 aliphatic heterocycles. The Morgan fingerprint density at radius 3 is 2.43 bits per heavy atom. The number of rotatable bonds is 7. The Balaban J connectivity index is 0.000000479. The van der Waals surface area contributed by atoms with E-state index in [1.807, 2.05) is 36.4 Å². The van der Waals surface area contributed by atoms with Gasteiger partial charge in [-0.25, -0.2) is 14.3 Å². The number of carboxylic acids is 1. The summed E-state index contributed by atoms with van der Waals surface area (Å²) in [5.74, 6) is -2.76. The first-order chi connectivity index (χ1) is 17.5. The molecule has 4 rings (SSSR count). The zero-order valence-electron chi connectivity index (χ0n) is 18.7. The van der Waals surface area contributed by atoms with Crippen molar-refractivity contribution in [2.75, 3.05) is 6.54 Å². The predicted octanol–water partition coefficient (Wildman–Crippen LogP) is 3.95. The first-order valence-corrected chi connectivity index (χ1v) is 11.2. The van der Waals surface area contributed by atoms with Crippen molar-refractivity contribution in [2.45, 2.75) is 19.3 Å².